The first-order valence-corrected chi connectivity index (χ1v) is 8.56. The molecule has 0 atom stereocenters. The van der Waals surface area contributed by atoms with E-state index in [2.05, 4.69) is 43.4 Å². The summed E-state index contributed by atoms with van der Waals surface area (Å²) in [4.78, 5) is 0. The first kappa shape index (κ1) is 16.4. The molecule has 1 aromatic rings. The topological polar surface area (TPSA) is 21.3 Å². The van der Waals surface area contributed by atoms with Crippen molar-refractivity contribution >= 4 is 0 Å². The zero-order valence-corrected chi connectivity index (χ0v) is 14.0. The molecule has 1 aliphatic carbocycles. The van der Waals surface area contributed by atoms with Gasteiger partial charge in [-0.2, -0.15) is 0 Å². The van der Waals surface area contributed by atoms with Gasteiger partial charge in [0, 0.05) is 13.1 Å². The summed E-state index contributed by atoms with van der Waals surface area (Å²) in [7, 11) is 0. The van der Waals surface area contributed by atoms with Crippen LogP contribution in [0.15, 0.2) is 24.3 Å². The normalized spacial score (nSPS) is 17.3. The van der Waals surface area contributed by atoms with E-state index in [1.807, 2.05) is 6.92 Å². The summed E-state index contributed by atoms with van der Waals surface area (Å²) in [6.07, 6.45) is 7.00. The molecular weight excluding hydrogens is 258 g/mol. The van der Waals surface area contributed by atoms with Crippen molar-refractivity contribution in [1.82, 2.24) is 5.32 Å². The molecule has 2 rings (SSSR count). The molecule has 0 unspecified atom stereocenters. The third kappa shape index (κ3) is 5.03. The molecule has 1 fully saturated rings. The van der Waals surface area contributed by atoms with E-state index in [1.165, 1.54) is 44.2 Å². The Balaban J connectivity index is 1.81. The van der Waals surface area contributed by atoms with Gasteiger partial charge in [0.1, 0.15) is 5.75 Å². The van der Waals surface area contributed by atoms with E-state index in [0.29, 0.717) is 5.41 Å². The van der Waals surface area contributed by atoms with Crippen molar-refractivity contribution in [2.24, 2.45) is 11.3 Å². The van der Waals surface area contributed by atoms with Gasteiger partial charge in [-0.3, -0.25) is 0 Å². The number of hydrogen-bond acceptors (Lipinski definition) is 2. The second kappa shape index (κ2) is 7.84. The molecule has 1 N–H and O–H groups in total. The summed E-state index contributed by atoms with van der Waals surface area (Å²) >= 11 is 0. The smallest absolute Gasteiger partial charge is 0.119 e. The van der Waals surface area contributed by atoms with E-state index < -0.39 is 0 Å². The van der Waals surface area contributed by atoms with Gasteiger partial charge >= 0.3 is 0 Å². The van der Waals surface area contributed by atoms with E-state index >= 15 is 0 Å². The lowest BCUT2D eigenvalue weighted by Crippen LogP contribution is -2.33. The predicted molar refractivity (Wildman–Crippen MR) is 89.7 cm³/mol. The molecule has 0 saturated heterocycles. The number of rotatable bonds is 8. The van der Waals surface area contributed by atoms with Crippen LogP contribution in [0.2, 0.25) is 0 Å². The van der Waals surface area contributed by atoms with Gasteiger partial charge < -0.3 is 10.1 Å². The van der Waals surface area contributed by atoms with Gasteiger partial charge in [-0.25, -0.2) is 0 Å². The molecular formula is C19H31NO. The van der Waals surface area contributed by atoms with Crippen molar-refractivity contribution < 1.29 is 4.74 Å². The number of benzene rings is 1. The fraction of sp³-hybridized carbons (Fsp3) is 0.684. The second-order valence-electron chi connectivity index (χ2n) is 6.99. The summed E-state index contributed by atoms with van der Waals surface area (Å²) in [6.45, 7) is 9.59. The number of hydrogen-bond donors (Lipinski definition) is 1. The van der Waals surface area contributed by atoms with Gasteiger partial charge in [0.15, 0.2) is 0 Å². The van der Waals surface area contributed by atoms with Crippen LogP contribution >= 0.6 is 0 Å². The molecule has 21 heavy (non-hydrogen) atoms. The SMILES string of the molecule is CCOc1ccc(CNCC2(CC(C)C)CCCC2)cc1. The van der Waals surface area contributed by atoms with Crippen LogP contribution in [0, 0.1) is 11.3 Å². The minimum atomic E-state index is 0.555. The largest absolute Gasteiger partial charge is 0.494 e. The molecule has 1 aromatic carbocycles. The van der Waals surface area contributed by atoms with Crippen LogP contribution in [-0.2, 0) is 6.54 Å². The molecule has 2 nitrogen and oxygen atoms in total. The summed E-state index contributed by atoms with van der Waals surface area (Å²) in [5.74, 6) is 1.77. The Bertz CT molecular complexity index is 404. The van der Waals surface area contributed by atoms with Crippen molar-refractivity contribution in [1.29, 1.82) is 0 Å². The van der Waals surface area contributed by atoms with Crippen LogP contribution in [0.25, 0.3) is 0 Å². The summed E-state index contributed by atoms with van der Waals surface area (Å²) in [5, 5.41) is 3.70. The standard InChI is InChI=1S/C19H31NO/c1-4-21-18-9-7-17(8-10-18)14-20-15-19(13-16(2)3)11-5-6-12-19/h7-10,16,20H,4-6,11-15H2,1-3H3. The van der Waals surface area contributed by atoms with Gasteiger partial charge in [-0.15, -0.1) is 0 Å². The highest BCUT2D eigenvalue weighted by molar-refractivity contribution is 5.27. The molecule has 118 valence electrons. The van der Waals surface area contributed by atoms with Crippen LogP contribution in [0.3, 0.4) is 0 Å². The van der Waals surface area contributed by atoms with Gasteiger partial charge in [0.2, 0.25) is 0 Å². The second-order valence-corrected chi connectivity index (χ2v) is 6.99. The molecule has 0 heterocycles. The van der Waals surface area contributed by atoms with Crippen molar-refractivity contribution in [2.75, 3.05) is 13.2 Å². The number of ether oxygens (including phenoxy) is 1. The molecule has 0 amide bonds. The summed E-state index contributed by atoms with van der Waals surface area (Å²) in [5.41, 5.74) is 1.90. The van der Waals surface area contributed by atoms with E-state index in [1.54, 1.807) is 0 Å². The Morgan fingerprint density at radius 1 is 1.14 bits per heavy atom. The molecule has 0 aromatic heterocycles. The Labute approximate surface area is 130 Å². The molecule has 0 bridgehead atoms. The molecule has 1 saturated carbocycles. The quantitative estimate of drug-likeness (QED) is 0.743. The Morgan fingerprint density at radius 2 is 1.81 bits per heavy atom. The lowest BCUT2D eigenvalue weighted by Gasteiger charge is -2.31. The fourth-order valence-corrected chi connectivity index (χ4v) is 3.79. The van der Waals surface area contributed by atoms with Crippen LogP contribution in [-0.4, -0.2) is 13.2 Å². The fourth-order valence-electron chi connectivity index (χ4n) is 3.79. The Kier molecular flexibility index (Phi) is 6.10. The van der Waals surface area contributed by atoms with Gasteiger partial charge in [0.05, 0.1) is 6.61 Å². The highest BCUT2D eigenvalue weighted by atomic mass is 16.5. The van der Waals surface area contributed by atoms with Crippen LogP contribution < -0.4 is 10.1 Å². The summed E-state index contributed by atoms with van der Waals surface area (Å²) < 4.78 is 5.49. The predicted octanol–water partition coefficient (Wildman–Crippen LogP) is 4.78. The summed E-state index contributed by atoms with van der Waals surface area (Å²) in [6, 6.07) is 8.48. The lowest BCUT2D eigenvalue weighted by molar-refractivity contribution is 0.223. The van der Waals surface area contributed by atoms with Crippen LogP contribution in [0.5, 0.6) is 5.75 Å². The third-order valence-electron chi connectivity index (χ3n) is 4.57. The average molecular weight is 289 g/mol. The van der Waals surface area contributed by atoms with Crippen molar-refractivity contribution in [3.05, 3.63) is 29.8 Å². The third-order valence-corrected chi connectivity index (χ3v) is 4.57. The maximum Gasteiger partial charge on any atom is 0.119 e. The maximum absolute atomic E-state index is 5.49. The van der Waals surface area contributed by atoms with E-state index in [4.69, 9.17) is 4.74 Å². The first-order chi connectivity index (χ1) is 10.1. The zero-order valence-electron chi connectivity index (χ0n) is 14.0. The Hall–Kier alpha value is -1.02. The van der Waals surface area contributed by atoms with Crippen LogP contribution in [0.4, 0.5) is 0 Å². The average Bonchev–Trinajstić information content (AvgIpc) is 2.89. The van der Waals surface area contributed by atoms with Gasteiger partial charge in [-0.1, -0.05) is 38.8 Å². The minimum absolute atomic E-state index is 0.555. The molecule has 0 radical (unpaired) electrons. The van der Waals surface area contributed by atoms with E-state index in [-0.39, 0.29) is 0 Å². The monoisotopic (exact) mass is 289 g/mol. The maximum atomic E-state index is 5.49. The molecule has 0 spiro atoms. The van der Waals surface area contributed by atoms with Crippen molar-refractivity contribution in [3.8, 4) is 5.75 Å². The molecule has 1 aliphatic rings. The zero-order chi connectivity index (χ0) is 15.1. The highest BCUT2D eigenvalue weighted by Crippen LogP contribution is 2.42. The first-order valence-electron chi connectivity index (χ1n) is 8.56. The highest BCUT2D eigenvalue weighted by Gasteiger charge is 2.33. The van der Waals surface area contributed by atoms with Crippen molar-refractivity contribution in [3.63, 3.8) is 0 Å². The lowest BCUT2D eigenvalue weighted by atomic mass is 9.78. The van der Waals surface area contributed by atoms with Crippen LogP contribution in [0.1, 0.15) is 58.4 Å². The van der Waals surface area contributed by atoms with Crippen molar-refractivity contribution in [2.45, 2.75) is 59.4 Å². The van der Waals surface area contributed by atoms with E-state index in [9.17, 15) is 0 Å². The molecule has 0 aliphatic heterocycles. The van der Waals surface area contributed by atoms with Gasteiger partial charge in [-0.05, 0) is 55.2 Å². The Morgan fingerprint density at radius 3 is 2.38 bits per heavy atom. The minimum Gasteiger partial charge on any atom is -0.494 e. The van der Waals surface area contributed by atoms with Gasteiger partial charge in [0.25, 0.3) is 0 Å². The van der Waals surface area contributed by atoms with E-state index in [0.717, 1.165) is 24.8 Å². The molecule has 2 heteroatoms. The number of nitrogens with one attached hydrogen (secondary N) is 1.